The van der Waals surface area contributed by atoms with E-state index in [-0.39, 0.29) is 5.78 Å². The van der Waals surface area contributed by atoms with Gasteiger partial charge in [-0.25, -0.2) is 0 Å². The number of hydrogen-bond acceptors (Lipinski definition) is 3. The van der Waals surface area contributed by atoms with Gasteiger partial charge < -0.3 is 10.6 Å². The zero-order chi connectivity index (χ0) is 9.14. The van der Waals surface area contributed by atoms with Crippen LogP contribution in [-0.4, -0.2) is 25.9 Å². The second kappa shape index (κ2) is 3.54. The molecule has 0 aromatic heterocycles. The molecule has 0 heterocycles. The van der Waals surface area contributed by atoms with E-state index in [9.17, 15) is 4.79 Å². The average molecular weight is 166 g/mol. The fourth-order valence-electron chi connectivity index (χ4n) is 1.11. The maximum atomic E-state index is 11.1. The lowest BCUT2D eigenvalue weighted by Gasteiger charge is -2.23. The molecule has 3 heteroatoms. The van der Waals surface area contributed by atoms with Gasteiger partial charge in [0.05, 0.1) is 5.70 Å². The lowest BCUT2D eigenvalue weighted by Crippen LogP contribution is -2.34. The first-order chi connectivity index (χ1) is 5.68. The molecule has 3 nitrogen and oxygen atoms in total. The van der Waals surface area contributed by atoms with Gasteiger partial charge >= 0.3 is 0 Å². The van der Waals surface area contributed by atoms with Crippen LogP contribution in [0.15, 0.2) is 23.4 Å². The normalized spacial score (nSPS) is 16.5. The second-order valence-corrected chi connectivity index (χ2v) is 2.84. The molecule has 0 spiro atoms. The molecule has 0 fully saturated rings. The van der Waals surface area contributed by atoms with Gasteiger partial charge in [0, 0.05) is 18.7 Å². The zero-order valence-corrected chi connectivity index (χ0v) is 7.53. The van der Waals surface area contributed by atoms with E-state index in [1.54, 1.807) is 0 Å². The number of nitrogens with one attached hydrogen (secondary N) is 2. The molecule has 0 bridgehead atoms. The summed E-state index contributed by atoms with van der Waals surface area (Å²) in [4.78, 5) is 11.1. The van der Waals surface area contributed by atoms with E-state index in [2.05, 4.69) is 17.2 Å². The SMILES string of the molecule is C=C1C(=O)C(NCCNC)=C1C. The standard InChI is InChI=1S/C9H14N2O/c1-6-7(2)9(12)8(6)11-5-4-10-3/h10-11H,2,4-5H2,1,3H3. The third-order valence-corrected chi connectivity index (χ3v) is 2.01. The van der Waals surface area contributed by atoms with Crippen LogP contribution in [0.3, 0.4) is 0 Å². The van der Waals surface area contributed by atoms with Gasteiger partial charge in [-0.2, -0.15) is 0 Å². The molecule has 0 saturated carbocycles. The highest BCUT2D eigenvalue weighted by Crippen LogP contribution is 2.25. The monoisotopic (exact) mass is 166 g/mol. The maximum Gasteiger partial charge on any atom is 0.208 e. The van der Waals surface area contributed by atoms with Gasteiger partial charge in [0.1, 0.15) is 0 Å². The number of Topliss-reactive ketones (excluding diaryl/α,β-unsaturated/α-hetero) is 1. The summed E-state index contributed by atoms with van der Waals surface area (Å²) in [5.74, 6) is 0.0589. The smallest absolute Gasteiger partial charge is 0.208 e. The van der Waals surface area contributed by atoms with E-state index in [0.717, 1.165) is 24.4 Å². The van der Waals surface area contributed by atoms with E-state index in [1.165, 1.54) is 0 Å². The predicted octanol–water partition coefficient (Wildman–Crippen LogP) is 0.208. The Hall–Kier alpha value is -1.09. The first-order valence-corrected chi connectivity index (χ1v) is 4.01. The Morgan fingerprint density at radius 1 is 1.42 bits per heavy atom. The summed E-state index contributed by atoms with van der Waals surface area (Å²) in [7, 11) is 1.88. The number of carbonyl (C=O) groups is 1. The van der Waals surface area contributed by atoms with Crippen molar-refractivity contribution in [3.8, 4) is 0 Å². The van der Waals surface area contributed by atoms with Crippen LogP contribution in [0.4, 0.5) is 0 Å². The first-order valence-electron chi connectivity index (χ1n) is 4.01. The van der Waals surface area contributed by atoms with Crippen LogP contribution in [-0.2, 0) is 4.79 Å². The van der Waals surface area contributed by atoms with Crippen LogP contribution in [0.5, 0.6) is 0 Å². The highest BCUT2D eigenvalue weighted by atomic mass is 16.1. The Kier molecular flexibility index (Phi) is 2.65. The third-order valence-electron chi connectivity index (χ3n) is 2.01. The Balaban J connectivity index is 2.44. The Bertz CT molecular complexity index is 253. The van der Waals surface area contributed by atoms with Crippen molar-refractivity contribution in [1.29, 1.82) is 0 Å². The van der Waals surface area contributed by atoms with Crippen LogP contribution in [0.25, 0.3) is 0 Å². The van der Waals surface area contributed by atoms with Gasteiger partial charge in [-0.3, -0.25) is 4.79 Å². The van der Waals surface area contributed by atoms with Gasteiger partial charge in [0.25, 0.3) is 0 Å². The molecule has 0 aliphatic heterocycles. The summed E-state index contributed by atoms with van der Waals surface area (Å²) in [6.45, 7) is 7.18. The second-order valence-electron chi connectivity index (χ2n) is 2.84. The number of ketones is 1. The molecule has 2 N–H and O–H groups in total. The lowest BCUT2D eigenvalue weighted by atomic mass is 9.89. The van der Waals surface area contributed by atoms with Gasteiger partial charge in [-0.05, 0) is 19.5 Å². The fraction of sp³-hybridized carbons (Fsp3) is 0.444. The van der Waals surface area contributed by atoms with Crippen molar-refractivity contribution in [2.75, 3.05) is 20.1 Å². The summed E-state index contributed by atoms with van der Waals surface area (Å²) in [6, 6.07) is 0. The van der Waals surface area contributed by atoms with Crippen molar-refractivity contribution >= 4 is 5.78 Å². The molecule has 1 aliphatic rings. The van der Waals surface area contributed by atoms with Gasteiger partial charge in [-0.15, -0.1) is 0 Å². The van der Waals surface area contributed by atoms with Crippen molar-refractivity contribution < 1.29 is 4.79 Å². The van der Waals surface area contributed by atoms with E-state index in [0.29, 0.717) is 5.57 Å². The Labute approximate surface area is 72.5 Å². The van der Waals surface area contributed by atoms with Gasteiger partial charge in [0.15, 0.2) is 0 Å². The molecule has 1 rings (SSSR count). The van der Waals surface area contributed by atoms with E-state index in [1.807, 2.05) is 14.0 Å². The predicted molar refractivity (Wildman–Crippen MR) is 48.8 cm³/mol. The molecule has 0 saturated heterocycles. The average Bonchev–Trinajstić information content (AvgIpc) is 2.11. The van der Waals surface area contributed by atoms with Crippen LogP contribution >= 0.6 is 0 Å². The van der Waals surface area contributed by atoms with Crippen LogP contribution in [0, 0.1) is 0 Å². The summed E-state index contributed by atoms with van der Waals surface area (Å²) in [5.41, 5.74) is 2.37. The van der Waals surface area contributed by atoms with E-state index >= 15 is 0 Å². The Morgan fingerprint density at radius 2 is 2.08 bits per heavy atom. The molecular weight excluding hydrogens is 152 g/mol. The number of carbonyl (C=O) groups excluding carboxylic acids is 1. The summed E-state index contributed by atoms with van der Waals surface area (Å²) in [6.07, 6.45) is 0. The van der Waals surface area contributed by atoms with Crippen molar-refractivity contribution in [2.24, 2.45) is 0 Å². The largest absolute Gasteiger partial charge is 0.380 e. The minimum atomic E-state index is 0.0589. The minimum absolute atomic E-state index is 0.0589. The molecular formula is C9H14N2O. The number of allylic oxidation sites excluding steroid dienone is 2. The van der Waals surface area contributed by atoms with Crippen molar-refractivity contribution in [3.63, 3.8) is 0 Å². The van der Waals surface area contributed by atoms with E-state index in [4.69, 9.17) is 0 Å². The van der Waals surface area contributed by atoms with E-state index < -0.39 is 0 Å². The fourth-order valence-corrected chi connectivity index (χ4v) is 1.11. The molecule has 66 valence electrons. The molecule has 0 unspecified atom stereocenters. The molecule has 0 atom stereocenters. The number of rotatable bonds is 4. The topological polar surface area (TPSA) is 41.1 Å². The quantitative estimate of drug-likeness (QED) is 0.463. The van der Waals surface area contributed by atoms with Gasteiger partial charge in [-0.1, -0.05) is 6.58 Å². The van der Waals surface area contributed by atoms with Crippen molar-refractivity contribution in [3.05, 3.63) is 23.4 Å². The third kappa shape index (κ3) is 1.41. The highest BCUT2D eigenvalue weighted by molar-refractivity contribution is 6.18. The Morgan fingerprint density at radius 3 is 2.58 bits per heavy atom. The highest BCUT2D eigenvalue weighted by Gasteiger charge is 2.27. The van der Waals surface area contributed by atoms with Gasteiger partial charge in [0.2, 0.25) is 5.78 Å². The zero-order valence-electron chi connectivity index (χ0n) is 7.53. The summed E-state index contributed by atoms with van der Waals surface area (Å²) in [5, 5.41) is 6.05. The van der Waals surface area contributed by atoms with Crippen LogP contribution < -0.4 is 10.6 Å². The number of likely N-dealkylation sites (N-methyl/N-ethyl adjacent to an activating group) is 1. The molecule has 0 radical (unpaired) electrons. The number of hydrogen-bond donors (Lipinski definition) is 2. The summed E-state index contributed by atoms with van der Waals surface area (Å²) >= 11 is 0. The molecule has 12 heavy (non-hydrogen) atoms. The molecule has 0 aromatic rings. The van der Waals surface area contributed by atoms with Crippen LogP contribution in [0.2, 0.25) is 0 Å². The minimum Gasteiger partial charge on any atom is -0.380 e. The molecule has 0 aromatic carbocycles. The summed E-state index contributed by atoms with van der Waals surface area (Å²) < 4.78 is 0. The molecule has 0 amide bonds. The lowest BCUT2D eigenvalue weighted by molar-refractivity contribution is -0.113. The maximum absolute atomic E-state index is 11.1. The first kappa shape index (κ1) is 9.00. The van der Waals surface area contributed by atoms with Crippen LogP contribution in [0.1, 0.15) is 6.92 Å². The van der Waals surface area contributed by atoms with Crippen molar-refractivity contribution in [2.45, 2.75) is 6.92 Å². The van der Waals surface area contributed by atoms with Crippen molar-refractivity contribution in [1.82, 2.24) is 10.6 Å². The molecule has 1 aliphatic carbocycles.